The second-order valence-electron chi connectivity index (χ2n) is 4.67. The van der Waals surface area contributed by atoms with Crippen LogP contribution in [0.4, 0.5) is 18.9 Å². The Balaban J connectivity index is 2.22. The fourth-order valence-electron chi connectivity index (χ4n) is 2.00. The van der Waals surface area contributed by atoms with E-state index in [1.807, 2.05) is 19.1 Å². The Hall–Kier alpha value is -2.04. The minimum absolute atomic E-state index is 0.0956. The van der Waals surface area contributed by atoms with Gasteiger partial charge >= 0.3 is 6.18 Å². The summed E-state index contributed by atoms with van der Waals surface area (Å²) in [5.74, 6) is 0. The van der Waals surface area contributed by atoms with Crippen LogP contribution in [0.5, 0.6) is 0 Å². The number of hydrogen-bond donors (Lipinski definition) is 1. The first-order chi connectivity index (χ1) is 9.38. The maximum atomic E-state index is 12.9. The van der Waals surface area contributed by atoms with Crippen molar-refractivity contribution in [2.45, 2.75) is 26.1 Å². The summed E-state index contributed by atoms with van der Waals surface area (Å²) in [5.41, 5.74) is 1.03. The molecule has 106 valence electrons. The van der Waals surface area contributed by atoms with E-state index in [9.17, 15) is 13.2 Å². The molecule has 0 spiro atoms. The van der Waals surface area contributed by atoms with E-state index in [1.165, 1.54) is 13.0 Å². The zero-order valence-electron chi connectivity index (χ0n) is 11.2. The summed E-state index contributed by atoms with van der Waals surface area (Å²) >= 11 is 0. The van der Waals surface area contributed by atoms with Crippen LogP contribution in [0.2, 0.25) is 0 Å². The van der Waals surface area contributed by atoms with Crippen LogP contribution >= 0.6 is 0 Å². The molecule has 5 heteroatoms. The number of aryl methyl sites for hydroxylation is 1. The van der Waals surface area contributed by atoms with Crippen LogP contribution in [0.25, 0.3) is 0 Å². The van der Waals surface area contributed by atoms with Gasteiger partial charge in [-0.25, -0.2) is 0 Å². The second kappa shape index (κ2) is 5.53. The van der Waals surface area contributed by atoms with Crippen LogP contribution in [0.1, 0.15) is 29.7 Å². The van der Waals surface area contributed by atoms with E-state index >= 15 is 0 Å². The largest absolute Gasteiger partial charge is 0.416 e. The lowest BCUT2D eigenvalue weighted by Crippen LogP contribution is -2.11. The minimum atomic E-state index is -4.33. The number of aromatic nitrogens is 1. The summed E-state index contributed by atoms with van der Waals surface area (Å²) < 4.78 is 38.6. The zero-order valence-corrected chi connectivity index (χ0v) is 11.2. The SMILES string of the molecule is Cc1ccc(NC(C)c2ccncc2)cc1C(F)(F)F. The molecule has 0 aliphatic rings. The van der Waals surface area contributed by atoms with Crippen molar-refractivity contribution in [2.24, 2.45) is 0 Å². The molecule has 1 heterocycles. The molecule has 1 atom stereocenters. The first kappa shape index (κ1) is 14.4. The Morgan fingerprint density at radius 1 is 1.10 bits per heavy atom. The Morgan fingerprint density at radius 2 is 1.75 bits per heavy atom. The molecule has 0 saturated carbocycles. The van der Waals surface area contributed by atoms with Crippen molar-refractivity contribution in [2.75, 3.05) is 5.32 Å². The number of halogens is 3. The average Bonchev–Trinajstić information content (AvgIpc) is 2.40. The predicted molar refractivity (Wildman–Crippen MR) is 72.5 cm³/mol. The molecule has 2 nitrogen and oxygen atoms in total. The van der Waals surface area contributed by atoms with Crippen LogP contribution in [0.15, 0.2) is 42.7 Å². The molecule has 0 bridgehead atoms. The molecule has 0 aliphatic heterocycles. The summed E-state index contributed by atoms with van der Waals surface area (Å²) in [6.07, 6.45) is -1.02. The highest BCUT2D eigenvalue weighted by atomic mass is 19.4. The van der Waals surface area contributed by atoms with E-state index < -0.39 is 11.7 Å². The second-order valence-corrected chi connectivity index (χ2v) is 4.67. The van der Waals surface area contributed by atoms with Gasteiger partial charge in [0, 0.05) is 24.1 Å². The van der Waals surface area contributed by atoms with Crippen LogP contribution in [-0.4, -0.2) is 4.98 Å². The molecule has 1 N–H and O–H groups in total. The van der Waals surface area contributed by atoms with Crippen molar-refractivity contribution in [3.8, 4) is 0 Å². The monoisotopic (exact) mass is 280 g/mol. The number of pyridine rings is 1. The first-order valence-electron chi connectivity index (χ1n) is 6.22. The van der Waals surface area contributed by atoms with Crippen molar-refractivity contribution in [1.29, 1.82) is 0 Å². The van der Waals surface area contributed by atoms with Gasteiger partial charge in [0.2, 0.25) is 0 Å². The Bertz CT molecular complexity index is 579. The molecule has 1 unspecified atom stereocenters. The average molecular weight is 280 g/mol. The Morgan fingerprint density at radius 3 is 2.35 bits per heavy atom. The minimum Gasteiger partial charge on any atom is -0.379 e. The van der Waals surface area contributed by atoms with E-state index in [0.717, 1.165) is 11.6 Å². The standard InChI is InChI=1S/C15H15F3N2/c1-10-3-4-13(9-14(10)15(16,17)18)20-11(2)12-5-7-19-8-6-12/h3-9,11,20H,1-2H3. The quantitative estimate of drug-likeness (QED) is 0.890. The first-order valence-corrected chi connectivity index (χ1v) is 6.22. The smallest absolute Gasteiger partial charge is 0.379 e. The van der Waals surface area contributed by atoms with E-state index in [-0.39, 0.29) is 11.6 Å². The summed E-state index contributed by atoms with van der Waals surface area (Å²) in [6, 6.07) is 7.84. The van der Waals surface area contributed by atoms with Crippen LogP contribution < -0.4 is 5.32 Å². The lowest BCUT2D eigenvalue weighted by atomic mass is 10.1. The van der Waals surface area contributed by atoms with Gasteiger partial charge in [0.05, 0.1) is 5.56 Å². The molecule has 1 aromatic heterocycles. The summed E-state index contributed by atoms with van der Waals surface area (Å²) in [5, 5.41) is 3.07. The van der Waals surface area contributed by atoms with Gasteiger partial charge in [0.25, 0.3) is 0 Å². The van der Waals surface area contributed by atoms with Crippen LogP contribution in [-0.2, 0) is 6.18 Å². The van der Waals surface area contributed by atoms with Crippen molar-refractivity contribution in [1.82, 2.24) is 4.98 Å². The normalized spacial score (nSPS) is 13.1. The number of rotatable bonds is 3. The molecule has 0 amide bonds. The Labute approximate surface area is 115 Å². The number of nitrogens with zero attached hydrogens (tertiary/aromatic N) is 1. The third kappa shape index (κ3) is 3.29. The molecule has 2 rings (SSSR count). The van der Waals surface area contributed by atoms with Gasteiger partial charge < -0.3 is 5.32 Å². The Kier molecular flexibility index (Phi) is 3.97. The van der Waals surface area contributed by atoms with E-state index in [2.05, 4.69) is 10.3 Å². The molecule has 20 heavy (non-hydrogen) atoms. The fourth-order valence-corrected chi connectivity index (χ4v) is 2.00. The molecule has 0 fully saturated rings. The van der Waals surface area contributed by atoms with Crippen molar-refractivity contribution in [3.05, 3.63) is 59.4 Å². The van der Waals surface area contributed by atoms with Gasteiger partial charge in [0.1, 0.15) is 0 Å². The lowest BCUT2D eigenvalue weighted by molar-refractivity contribution is -0.138. The number of nitrogens with one attached hydrogen (secondary N) is 1. The third-order valence-electron chi connectivity index (χ3n) is 3.13. The summed E-state index contributed by atoms with van der Waals surface area (Å²) in [4.78, 5) is 3.92. The highest BCUT2D eigenvalue weighted by Crippen LogP contribution is 2.34. The van der Waals surface area contributed by atoms with E-state index in [0.29, 0.717) is 5.69 Å². The van der Waals surface area contributed by atoms with Gasteiger partial charge in [-0.1, -0.05) is 6.07 Å². The van der Waals surface area contributed by atoms with Crippen molar-refractivity contribution >= 4 is 5.69 Å². The summed E-state index contributed by atoms with van der Waals surface area (Å²) in [6.45, 7) is 3.35. The molecule has 2 aromatic rings. The maximum absolute atomic E-state index is 12.9. The van der Waals surface area contributed by atoms with Crippen LogP contribution in [0.3, 0.4) is 0 Å². The van der Waals surface area contributed by atoms with E-state index in [1.54, 1.807) is 18.5 Å². The highest BCUT2D eigenvalue weighted by molar-refractivity contribution is 5.50. The lowest BCUT2D eigenvalue weighted by Gasteiger charge is -2.18. The number of benzene rings is 1. The van der Waals surface area contributed by atoms with Crippen molar-refractivity contribution < 1.29 is 13.2 Å². The van der Waals surface area contributed by atoms with Crippen LogP contribution in [0, 0.1) is 6.92 Å². The van der Waals surface area contributed by atoms with Gasteiger partial charge in [-0.3, -0.25) is 4.98 Å². The topological polar surface area (TPSA) is 24.9 Å². The van der Waals surface area contributed by atoms with E-state index in [4.69, 9.17) is 0 Å². The molecule has 0 saturated heterocycles. The molecule has 1 aromatic carbocycles. The number of alkyl halides is 3. The molecule has 0 radical (unpaired) electrons. The van der Waals surface area contributed by atoms with Gasteiger partial charge in [0.15, 0.2) is 0 Å². The highest BCUT2D eigenvalue weighted by Gasteiger charge is 2.32. The number of anilines is 1. The fraction of sp³-hybridized carbons (Fsp3) is 0.267. The zero-order chi connectivity index (χ0) is 14.8. The van der Waals surface area contributed by atoms with Gasteiger partial charge in [-0.05, 0) is 49.2 Å². The predicted octanol–water partition coefficient (Wildman–Crippen LogP) is 4.58. The third-order valence-corrected chi connectivity index (χ3v) is 3.13. The molecule has 0 aliphatic carbocycles. The molecular weight excluding hydrogens is 265 g/mol. The van der Waals surface area contributed by atoms with Gasteiger partial charge in [-0.2, -0.15) is 13.2 Å². The maximum Gasteiger partial charge on any atom is 0.416 e. The van der Waals surface area contributed by atoms with Gasteiger partial charge in [-0.15, -0.1) is 0 Å². The molecular formula is C15H15F3N2. The summed E-state index contributed by atoms with van der Waals surface area (Å²) in [7, 11) is 0. The number of hydrogen-bond acceptors (Lipinski definition) is 2. The van der Waals surface area contributed by atoms with Crippen molar-refractivity contribution in [3.63, 3.8) is 0 Å².